The highest BCUT2D eigenvalue weighted by molar-refractivity contribution is 8.16. The Bertz CT molecular complexity index is 1020. The number of hydrogen-bond donors (Lipinski definition) is 4. The summed E-state index contributed by atoms with van der Waals surface area (Å²) in [6, 6.07) is 17.0. The van der Waals surface area contributed by atoms with Crippen molar-refractivity contribution in [3.63, 3.8) is 0 Å². The quantitative estimate of drug-likeness (QED) is 0.454. The molecule has 3 aromatic rings. The summed E-state index contributed by atoms with van der Waals surface area (Å²) in [6.07, 6.45) is -0.0534. The standard InChI is InChI=1S/C24H27FO3S2/c1-14-3-4-16(24-23(28)22(27)20(26)13-30(24)2)11-17(14)12-19-9-10-21(29-19)15-5-7-18(25)8-6-15/h3-11,20,22-24,26-28,30H,12-13H2,1-2H3/t20-,22-,23-,24+/m1/s1. The van der Waals surface area contributed by atoms with Gasteiger partial charge in [0.2, 0.25) is 0 Å². The number of aliphatic hydroxyl groups excluding tert-OH is 3. The van der Waals surface area contributed by atoms with Crippen LogP contribution in [0.25, 0.3) is 10.4 Å². The van der Waals surface area contributed by atoms with Crippen molar-refractivity contribution < 1.29 is 19.7 Å². The molecule has 4 rings (SSSR count). The predicted octanol–water partition coefficient (Wildman–Crippen LogP) is 4.22. The molecule has 5 atom stereocenters. The van der Waals surface area contributed by atoms with Gasteiger partial charge < -0.3 is 15.3 Å². The molecule has 30 heavy (non-hydrogen) atoms. The van der Waals surface area contributed by atoms with Gasteiger partial charge in [-0.05, 0) is 59.7 Å². The van der Waals surface area contributed by atoms with Crippen LogP contribution in [0.5, 0.6) is 0 Å². The van der Waals surface area contributed by atoms with E-state index in [4.69, 9.17) is 0 Å². The van der Waals surface area contributed by atoms with Crippen LogP contribution in [0, 0.1) is 12.7 Å². The summed E-state index contributed by atoms with van der Waals surface area (Å²) in [5.41, 5.74) is 4.41. The third kappa shape index (κ3) is 4.34. The first-order chi connectivity index (χ1) is 14.3. The van der Waals surface area contributed by atoms with E-state index >= 15 is 0 Å². The van der Waals surface area contributed by atoms with Crippen LogP contribution in [0.2, 0.25) is 0 Å². The molecule has 1 saturated heterocycles. The molecule has 6 heteroatoms. The van der Waals surface area contributed by atoms with Gasteiger partial charge in [-0.25, -0.2) is 15.3 Å². The summed E-state index contributed by atoms with van der Waals surface area (Å²) in [4.78, 5) is 2.32. The molecule has 1 unspecified atom stereocenters. The van der Waals surface area contributed by atoms with Crippen LogP contribution >= 0.6 is 22.2 Å². The molecule has 3 N–H and O–H groups in total. The number of benzene rings is 2. The molecular formula is C24H27FO3S2. The number of aliphatic hydroxyl groups is 3. The molecule has 2 heterocycles. The molecule has 0 amide bonds. The number of rotatable bonds is 4. The zero-order valence-corrected chi connectivity index (χ0v) is 18.7. The van der Waals surface area contributed by atoms with Crippen molar-refractivity contribution in [2.24, 2.45) is 0 Å². The van der Waals surface area contributed by atoms with Crippen LogP contribution in [-0.4, -0.2) is 45.6 Å². The van der Waals surface area contributed by atoms with Gasteiger partial charge in [0, 0.05) is 27.2 Å². The zero-order chi connectivity index (χ0) is 21.4. The molecule has 0 spiro atoms. The fraction of sp³-hybridized carbons (Fsp3) is 0.333. The Labute approximate surface area is 183 Å². The van der Waals surface area contributed by atoms with Crippen molar-refractivity contribution in [3.8, 4) is 10.4 Å². The summed E-state index contributed by atoms with van der Waals surface area (Å²) in [5.74, 6) is 0.300. The minimum absolute atomic E-state index is 0.143. The normalized spacial score (nSPS) is 27.9. The summed E-state index contributed by atoms with van der Waals surface area (Å²) in [5, 5.41) is 30.6. The molecule has 0 aliphatic carbocycles. The SMILES string of the molecule is Cc1ccc([C@H]2[C@H](O)[C@H](O)[C@H](O)C[SH]2C)cc1Cc1ccc(-c2ccc(F)cc2)s1. The second kappa shape index (κ2) is 8.81. The van der Waals surface area contributed by atoms with Gasteiger partial charge in [0.25, 0.3) is 0 Å². The van der Waals surface area contributed by atoms with Gasteiger partial charge in [-0.3, -0.25) is 0 Å². The molecule has 0 radical (unpaired) electrons. The van der Waals surface area contributed by atoms with Gasteiger partial charge in [0.1, 0.15) is 11.9 Å². The summed E-state index contributed by atoms with van der Waals surface area (Å²) in [6.45, 7) is 2.08. The van der Waals surface area contributed by atoms with Crippen LogP contribution in [0.15, 0.2) is 54.6 Å². The first-order valence-corrected chi connectivity index (χ1v) is 12.9. The number of halogens is 1. The van der Waals surface area contributed by atoms with E-state index < -0.39 is 29.2 Å². The lowest BCUT2D eigenvalue weighted by molar-refractivity contribution is -0.0561. The molecule has 1 aliphatic heterocycles. The summed E-state index contributed by atoms with van der Waals surface area (Å²) in [7, 11) is -0.635. The van der Waals surface area contributed by atoms with Crippen molar-refractivity contribution in [2.45, 2.75) is 36.9 Å². The van der Waals surface area contributed by atoms with Crippen molar-refractivity contribution in [2.75, 3.05) is 12.0 Å². The van der Waals surface area contributed by atoms with Gasteiger partial charge in [0.15, 0.2) is 0 Å². The van der Waals surface area contributed by atoms with Crippen LogP contribution in [0.4, 0.5) is 4.39 Å². The Morgan fingerprint density at radius 1 is 1.00 bits per heavy atom. The fourth-order valence-corrected chi connectivity index (χ4v) is 7.58. The summed E-state index contributed by atoms with van der Waals surface area (Å²) >= 11 is 1.70. The van der Waals surface area contributed by atoms with E-state index in [9.17, 15) is 19.7 Å². The van der Waals surface area contributed by atoms with E-state index in [0.29, 0.717) is 5.75 Å². The van der Waals surface area contributed by atoms with E-state index in [2.05, 4.69) is 37.4 Å². The van der Waals surface area contributed by atoms with Crippen molar-refractivity contribution in [1.82, 2.24) is 0 Å². The van der Waals surface area contributed by atoms with E-state index in [1.807, 2.05) is 6.07 Å². The number of hydrogen-bond acceptors (Lipinski definition) is 4. The average molecular weight is 447 g/mol. The topological polar surface area (TPSA) is 60.7 Å². The van der Waals surface area contributed by atoms with Gasteiger partial charge in [-0.15, -0.1) is 11.3 Å². The van der Waals surface area contributed by atoms with Gasteiger partial charge in [-0.2, -0.15) is 0 Å². The van der Waals surface area contributed by atoms with E-state index in [1.165, 1.54) is 28.1 Å². The second-order valence-electron chi connectivity index (χ2n) is 8.07. The average Bonchev–Trinajstić information content (AvgIpc) is 3.18. The smallest absolute Gasteiger partial charge is 0.123 e. The van der Waals surface area contributed by atoms with Crippen molar-refractivity contribution >= 4 is 22.2 Å². The van der Waals surface area contributed by atoms with E-state index in [1.54, 1.807) is 23.5 Å². The highest BCUT2D eigenvalue weighted by atomic mass is 32.2. The first kappa shape index (κ1) is 21.5. The predicted molar refractivity (Wildman–Crippen MR) is 124 cm³/mol. The maximum absolute atomic E-state index is 13.2. The van der Waals surface area contributed by atoms with E-state index in [-0.39, 0.29) is 11.1 Å². The minimum Gasteiger partial charge on any atom is -0.390 e. The van der Waals surface area contributed by atoms with Crippen LogP contribution < -0.4 is 0 Å². The molecule has 1 aliphatic rings. The monoisotopic (exact) mass is 446 g/mol. The van der Waals surface area contributed by atoms with Crippen molar-refractivity contribution in [1.29, 1.82) is 0 Å². The fourth-order valence-electron chi connectivity index (χ4n) is 4.14. The van der Waals surface area contributed by atoms with Crippen LogP contribution in [0.1, 0.15) is 26.8 Å². The second-order valence-corrected chi connectivity index (χ2v) is 11.7. The molecule has 160 valence electrons. The van der Waals surface area contributed by atoms with Gasteiger partial charge in [-0.1, -0.05) is 30.3 Å². The maximum Gasteiger partial charge on any atom is 0.123 e. The Morgan fingerprint density at radius 2 is 1.73 bits per heavy atom. The molecule has 1 aromatic heterocycles. The molecule has 1 fully saturated rings. The van der Waals surface area contributed by atoms with Crippen molar-refractivity contribution in [3.05, 3.63) is 82.0 Å². The zero-order valence-electron chi connectivity index (χ0n) is 17.0. The lowest BCUT2D eigenvalue weighted by Gasteiger charge is -2.42. The molecule has 0 saturated carbocycles. The lowest BCUT2D eigenvalue weighted by Crippen LogP contribution is -2.47. The maximum atomic E-state index is 13.2. The first-order valence-electron chi connectivity index (χ1n) is 10.0. The Hall–Kier alpha value is -1.70. The third-order valence-corrected chi connectivity index (χ3v) is 9.53. The highest BCUT2D eigenvalue weighted by Crippen LogP contribution is 2.48. The molecular weight excluding hydrogens is 419 g/mol. The third-order valence-electron chi connectivity index (χ3n) is 5.89. The Morgan fingerprint density at radius 3 is 2.47 bits per heavy atom. The van der Waals surface area contributed by atoms with E-state index in [0.717, 1.165) is 22.4 Å². The lowest BCUT2D eigenvalue weighted by atomic mass is 9.95. The number of aryl methyl sites for hydroxylation is 1. The largest absolute Gasteiger partial charge is 0.390 e. The molecule has 2 aromatic carbocycles. The van der Waals surface area contributed by atoms with Crippen LogP contribution in [-0.2, 0) is 6.42 Å². The number of thiol groups is 1. The van der Waals surface area contributed by atoms with Crippen LogP contribution in [0.3, 0.4) is 0 Å². The molecule has 3 nitrogen and oxygen atoms in total. The van der Waals surface area contributed by atoms with Gasteiger partial charge >= 0.3 is 0 Å². The molecule has 0 bridgehead atoms. The Kier molecular flexibility index (Phi) is 6.32. The van der Waals surface area contributed by atoms with Gasteiger partial charge in [0.05, 0.1) is 12.2 Å². The number of thiophene rings is 1. The Balaban J connectivity index is 1.58. The highest BCUT2D eigenvalue weighted by Gasteiger charge is 2.40. The summed E-state index contributed by atoms with van der Waals surface area (Å²) < 4.78 is 13.2. The minimum atomic E-state index is -1.10.